The van der Waals surface area contributed by atoms with Gasteiger partial charge in [0.1, 0.15) is 6.26 Å². The second-order valence-corrected chi connectivity index (χ2v) is 3.50. The topological polar surface area (TPSA) is 80.4 Å². The molecule has 5 nitrogen and oxygen atoms in total. The van der Waals surface area contributed by atoms with Crippen molar-refractivity contribution in [1.82, 2.24) is 4.98 Å². The fraction of sp³-hybridized carbons (Fsp3) is 0.214. The Labute approximate surface area is 110 Å². The van der Waals surface area contributed by atoms with Gasteiger partial charge in [0.05, 0.1) is 11.8 Å². The van der Waals surface area contributed by atoms with Crippen LogP contribution < -0.4 is 0 Å². The number of carbonyl (C=O) groups is 2. The highest BCUT2D eigenvalue weighted by atomic mass is 16.4. The molecule has 0 atom stereocenters. The number of hydrogen-bond acceptors (Lipinski definition) is 4. The van der Waals surface area contributed by atoms with E-state index in [1.54, 1.807) is 6.07 Å². The summed E-state index contributed by atoms with van der Waals surface area (Å²) in [7, 11) is 0. The van der Waals surface area contributed by atoms with E-state index >= 15 is 0 Å². The number of rotatable bonds is 3. The first-order valence-corrected chi connectivity index (χ1v) is 5.87. The zero-order valence-corrected chi connectivity index (χ0v) is 11.0. The van der Waals surface area contributed by atoms with Crippen LogP contribution in [0, 0.1) is 0 Å². The highest BCUT2D eigenvalue weighted by Crippen LogP contribution is 2.21. The standard InChI is InChI=1S/C12H9NO4.C2H6/c1-7(14)8-4-9(11-13-2-3-17-11)6-10(5-8)12(15)16;1-2/h2-6H,1H3,(H,15,16);1-2H3. The number of carboxylic acid groups (broad SMARTS) is 1. The van der Waals surface area contributed by atoms with Crippen molar-refractivity contribution in [3.05, 3.63) is 41.8 Å². The Balaban J connectivity index is 0.000000861. The van der Waals surface area contributed by atoms with Crippen molar-refractivity contribution in [2.24, 2.45) is 0 Å². The molecule has 0 spiro atoms. The Morgan fingerprint density at radius 1 is 1.16 bits per heavy atom. The molecule has 5 heteroatoms. The van der Waals surface area contributed by atoms with Gasteiger partial charge in [0, 0.05) is 11.1 Å². The Bertz CT molecular complexity index is 541. The van der Waals surface area contributed by atoms with Crippen molar-refractivity contribution in [3.63, 3.8) is 0 Å². The number of carboxylic acids is 1. The lowest BCUT2D eigenvalue weighted by atomic mass is 10.0. The molecule has 0 aliphatic carbocycles. The second-order valence-electron chi connectivity index (χ2n) is 3.50. The summed E-state index contributed by atoms with van der Waals surface area (Å²) in [6, 6.07) is 4.30. The number of aromatic nitrogens is 1. The zero-order chi connectivity index (χ0) is 14.4. The molecule has 19 heavy (non-hydrogen) atoms. The lowest BCUT2D eigenvalue weighted by molar-refractivity contribution is 0.0697. The van der Waals surface area contributed by atoms with E-state index in [2.05, 4.69) is 4.98 Å². The monoisotopic (exact) mass is 261 g/mol. The Morgan fingerprint density at radius 3 is 2.26 bits per heavy atom. The maximum Gasteiger partial charge on any atom is 0.335 e. The highest BCUT2D eigenvalue weighted by molar-refractivity contribution is 5.99. The molecule has 0 bridgehead atoms. The summed E-state index contributed by atoms with van der Waals surface area (Å²) < 4.78 is 5.07. The van der Waals surface area contributed by atoms with Crippen molar-refractivity contribution >= 4 is 11.8 Å². The van der Waals surface area contributed by atoms with Gasteiger partial charge in [0.15, 0.2) is 5.78 Å². The van der Waals surface area contributed by atoms with Crippen molar-refractivity contribution in [2.75, 3.05) is 0 Å². The van der Waals surface area contributed by atoms with Crippen LogP contribution in [0.3, 0.4) is 0 Å². The number of Topliss-reactive ketones (excluding diaryl/α,β-unsaturated/α-hetero) is 1. The molecule has 0 aliphatic heterocycles. The van der Waals surface area contributed by atoms with Gasteiger partial charge in [-0.2, -0.15) is 0 Å². The van der Waals surface area contributed by atoms with E-state index in [4.69, 9.17) is 9.52 Å². The van der Waals surface area contributed by atoms with Gasteiger partial charge in [-0.25, -0.2) is 9.78 Å². The van der Waals surface area contributed by atoms with E-state index in [1.165, 1.54) is 31.5 Å². The van der Waals surface area contributed by atoms with E-state index in [-0.39, 0.29) is 17.2 Å². The molecular weight excluding hydrogens is 246 g/mol. The molecule has 1 aromatic heterocycles. The first kappa shape index (κ1) is 14.6. The second kappa shape index (κ2) is 6.49. The third-order valence-electron chi connectivity index (χ3n) is 2.27. The number of aromatic carboxylic acids is 1. The predicted octanol–water partition coefficient (Wildman–Crippen LogP) is 3.27. The molecule has 1 aromatic carbocycles. The average molecular weight is 261 g/mol. The number of benzene rings is 1. The smallest absolute Gasteiger partial charge is 0.335 e. The largest absolute Gasteiger partial charge is 0.478 e. The summed E-state index contributed by atoms with van der Waals surface area (Å²) in [5, 5.41) is 8.95. The van der Waals surface area contributed by atoms with Gasteiger partial charge in [0.25, 0.3) is 0 Å². The maximum atomic E-state index is 11.3. The molecule has 0 saturated carbocycles. The van der Waals surface area contributed by atoms with E-state index in [0.717, 1.165) is 0 Å². The van der Waals surface area contributed by atoms with Crippen LogP contribution in [0.25, 0.3) is 11.5 Å². The fourth-order valence-corrected chi connectivity index (χ4v) is 1.44. The number of hydrogen-bond donors (Lipinski definition) is 1. The molecule has 0 fully saturated rings. The van der Waals surface area contributed by atoms with Gasteiger partial charge in [-0.05, 0) is 25.1 Å². The van der Waals surface area contributed by atoms with Crippen LogP contribution in [0.15, 0.2) is 35.1 Å². The van der Waals surface area contributed by atoms with Crippen molar-refractivity contribution < 1.29 is 19.1 Å². The molecule has 2 rings (SSSR count). The van der Waals surface area contributed by atoms with Crippen molar-refractivity contribution in [3.8, 4) is 11.5 Å². The molecular formula is C14H15NO4. The van der Waals surface area contributed by atoms with Crippen LogP contribution in [0.5, 0.6) is 0 Å². The van der Waals surface area contributed by atoms with Crippen LogP contribution in [-0.2, 0) is 0 Å². The number of ketones is 1. The van der Waals surface area contributed by atoms with E-state index in [0.29, 0.717) is 11.1 Å². The normalized spacial score (nSPS) is 9.42. The van der Waals surface area contributed by atoms with Gasteiger partial charge < -0.3 is 9.52 Å². The molecule has 0 amide bonds. The quantitative estimate of drug-likeness (QED) is 0.857. The number of oxazole rings is 1. The first-order chi connectivity index (χ1) is 9.08. The summed E-state index contributed by atoms with van der Waals surface area (Å²) in [4.78, 5) is 26.1. The third-order valence-corrected chi connectivity index (χ3v) is 2.27. The maximum absolute atomic E-state index is 11.3. The molecule has 1 N–H and O–H groups in total. The number of nitrogens with zero attached hydrogens (tertiary/aromatic N) is 1. The van der Waals surface area contributed by atoms with Gasteiger partial charge in [0.2, 0.25) is 5.89 Å². The zero-order valence-electron chi connectivity index (χ0n) is 11.0. The summed E-state index contributed by atoms with van der Waals surface area (Å²) in [5.74, 6) is -1.02. The average Bonchev–Trinajstić information content (AvgIpc) is 2.94. The molecule has 0 radical (unpaired) electrons. The number of carbonyl (C=O) groups excluding carboxylic acids is 1. The molecule has 2 aromatic rings. The minimum absolute atomic E-state index is 0.0332. The summed E-state index contributed by atoms with van der Waals surface area (Å²) in [5.41, 5.74) is 0.823. The van der Waals surface area contributed by atoms with Gasteiger partial charge in [-0.15, -0.1) is 0 Å². The molecule has 0 aliphatic rings. The third kappa shape index (κ3) is 3.51. The SMILES string of the molecule is CC.CC(=O)c1cc(C(=O)O)cc(-c2ncco2)c1. The van der Waals surface area contributed by atoms with Crippen LogP contribution >= 0.6 is 0 Å². The summed E-state index contributed by atoms with van der Waals surface area (Å²) >= 11 is 0. The van der Waals surface area contributed by atoms with E-state index in [9.17, 15) is 9.59 Å². The van der Waals surface area contributed by atoms with Gasteiger partial charge in [-0.3, -0.25) is 4.79 Å². The van der Waals surface area contributed by atoms with Crippen LogP contribution in [-0.4, -0.2) is 21.8 Å². The lowest BCUT2D eigenvalue weighted by Gasteiger charge is -2.02. The first-order valence-electron chi connectivity index (χ1n) is 5.87. The van der Waals surface area contributed by atoms with E-state index in [1.807, 2.05) is 13.8 Å². The van der Waals surface area contributed by atoms with Crippen LogP contribution in [0.4, 0.5) is 0 Å². The Hall–Kier alpha value is -2.43. The summed E-state index contributed by atoms with van der Waals surface area (Å²) in [6.45, 7) is 5.38. The molecule has 100 valence electrons. The van der Waals surface area contributed by atoms with Crippen molar-refractivity contribution in [1.29, 1.82) is 0 Å². The van der Waals surface area contributed by atoms with Crippen LogP contribution in [0.1, 0.15) is 41.5 Å². The van der Waals surface area contributed by atoms with Gasteiger partial charge >= 0.3 is 5.97 Å². The minimum atomic E-state index is -1.10. The highest BCUT2D eigenvalue weighted by Gasteiger charge is 2.12. The van der Waals surface area contributed by atoms with E-state index < -0.39 is 5.97 Å². The minimum Gasteiger partial charge on any atom is -0.478 e. The van der Waals surface area contributed by atoms with Gasteiger partial charge in [-0.1, -0.05) is 13.8 Å². The molecule has 0 unspecified atom stereocenters. The lowest BCUT2D eigenvalue weighted by Crippen LogP contribution is -2.01. The molecule has 1 heterocycles. The Kier molecular flexibility index (Phi) is 5.00. The Morgan fingerprint density at radius 2 is 1.79 bits per heavy atom. The predicted molar refractivity (Wildman–Crippen MR) is 70.3 cm³/mol. The summed E-state index contributed by atoms with van der Waals surface area (Å²) in [6.07, 6.45) is 2.84. The van der Waals surface area contributed by atoms with Crippen LogP contribution in [0.2, 0.25) is 0 Å². The van der Waals surface area contributed by atoms with Crippen molar-refractivity contribution in [2.45, 2.75) is 20.8 Å². The molecule has 0 saturated heterocycles. The fourth-order valence-electron chi connectivity index (χ4n) is 1.44.